The van der Waals surface area contributed by atoms with Crippen molar-refractivity contribution in [3.05, 3.63) is 52.4 Å². The third-order valence-corrected chi connectivity index (χ3v) is 3.11. The fraction of sp³-hybridized carbons (Fsp3) is 0.0833. The summed E-state index contributed by atoms with van der Waals surface area (Å²) in [7, 11) is 0. The van der Waals surface area contributed by atoms with Crippen LogP contribution in [0.1, 0.15) is 11.3 Å². The summed E-state index contributed by atoms with van der Waals surface area (Å²) in [6.07, 6.45) is 2.80. The second kappa shape index (κ2) is 6.14. The lowest BCUT2D eigenvalue weighted by Gasteiger charge is -2.06. The van der Waals surface area contributed by atoms with Crippen LogP contribution in [0.2, 0.25) is 0 Å². The van der Waals surface area contributed by atoms with Crippen molar-refractivity contribution < 1.29 is 9.94 Å². The number of aromatic nitrogens is 2. The Morgan fingerprint density at radius 2 is 2.11 bits per heavy atom. The van der Waals surface area contributed by atoms with Gasteiger partial charge in [-0.1, -0.05) is 39.3 Å². The van der Waals surface area contributed by atoms with Gasteiger partial charge in [0.15, 0.2) is 5.84 Å². The minimum Gasteiger partial charge on any atom is -0.472 e. The Balaban J connectivity index is 2.03. The zero-order chi connectivity index (χ0) is 13.7. The molecular formula is C12H11BrN4O2. The molecule has 0 saturated heterocycles. The molecule has 7 heteroatoms. The lowest BCUT2D eigenvalue weighted by molar-refractivity contribution is 0.291. The highest BCUT2D eigenvalue weighted by molar-refractivity contribution is 9.10. The Kier molecular flexibility index (Phi) is 4.30. The number of oxime groups is 1. The third kappa shape index (κ3) is 3.41. The van der Waals surface area contributed by atoms with Gasteiger partial charge in [0.05, 0.1) is 12.4 Å². The predicted octanol–water partition coefficient (Wildman–Crippen LogP) is 1.91. The first kappa shape index (κ1) is 13.3. The maximum absolute atomic E-state index is 8.50. The molecule has 3 N–H and O–H groups in total. The largest absolute Gasteiger partial charge is 0.472 e. The number of amidine groups is 1. The SMILES string of the molecule is N/C(=N/O)c1cnc(OCc2ccccc2Br)cn1. The van der Waals surface area contributed by atoms with Crippen molar-refractivity contribution in [2.45, 2.75) is 6.61 Å². The maximum Gasteiger partial charge on any atom is 0.232 e. The summed E-state index contributed by atoms with van der Waals surface area (Å²) in [5.41, 5.74) is 6.67. The van der Waals surface area contributed by atoms with E-state index < -0.39 is 0 Å². The molecule has 0 spiro atoms. The molecule has 0 radical (unpaired) electrons. The van der Waals surface area contributed by atoms with Crippen molar-refractivity contribution in [1.29, 1.82) is 0 Å². The second-order valence-electron chi connectivity index (χ2n) is 3.61. The molecule has 1 heterocycles. The van der Waals surface area contributed by atoms with E-state index >= 15 is 0 Å². The third-order valence-electron chi connectivity index (χ3n) is 2.33. The number of hydrogen-bond acceptors (Lipinski definition) is 5. The van der Waals surface area contributed by atoms with E-state index in [1.165, 1.54) is 12.4 Å². The van der Waals surface area contributed by atoms with Gasteiger partial charge in [-0.25, -0.2) is 9.97 Å². The van der Waals surface area contributed by atoms with Crippen LogP contribution in [-0.2, 0) is 6.61 Å². The number of halogens is 1. The number of rotatable bonds is 4. The van der Waals surface area contributed by atoms with E-state index in [9.17, 15) is 0 Å². The van der Waals surface area contributed by atoms with Gasteiger partial charge in [0.25, 0.3) is 0 Å². The van der Waals surface area contributed by atoms with E-state index in [0.717, 1.165) is 10.0 Å². The van der Waals surface area contributed by atoms with E-state index in [0.29, 0.717) is 12.5 Å². The highest BCUT2D eigenvalue weighted by atomic mass is 79.9. The molecule has 2 rings (SSSR count). The highest BCUT2D eigenvalue weighted by Crippen LogP contribution is 2.17. The van der Waals surface area contributed by atoms with Gasteiger partial charge in [-0.3, -0.25) is 0 Å². The van der Waals surface area contributed by atoms with Crippen LogP contribution in [0.25, 0.3) is 0 Å². The van der Waals surface area contributed by atoms with E-state index in [4.69, 9.17) is 15.7 Å². The molecule has 0 amide bonds. The molecule has 0 aliphatic heterocycles. The standard InChI is InChI=1S/C12H11BrN4O2/c13-9-4-2-1-3-8(9)7-19-11-6-15-10(5-16-11)12(14)17-18/h1-6,18H,7H2,(H2,14,17). The van der Waals surface area contributed by atoms with Crippen molar-refractivity contribution >= 4 is 21.8 Å². The van der Waals surface area contributed by atoms with Crippen molar-refractivity contribution in [3.8, 4) is 5.88 Å². The van der Waals surface area contributed by atoms with Gasteiger partial charge in [-0.2, -0.15) is 0 Å². The van der Waals surface area contributed by atoms with Gasteiger partial charge in [0.2, 0.25) is 5.88 Å². The molecule has 98 valence electrons. The molecule has 1 aromatic carbocycles. The molecule has 0 atom stereocenters. The summed E-state index contributed by atoms with van der Waals surface area (Å²) < 4.78 is 6.46. The summed E-state index contributed by atoms with van der Waals surface area (Å²) in [4.78, 5) is 7.99. The van der Waals surface area contributed by atoms with Crippen LogP contribution in [0.5, 0.6) is 5.88 Å². The molecule has 0 unspecified atom stereocenters. The average molecular weight is 323 g/mol. The molecule has 6 nitrogen and oxygen atoms in total. The summed E-state index contributed by atoms with van der Waals surface area (Å²) in [5, 5.41) is 11.3. The molecule has 19 heavy (non-hydrogen) atoms. The molecule has 1 aromatic heterocycles. The minimum absolute atomic E-state index is 0.0927. The Morgan fingerprint density at radius 3 is 2.74 bits per heavy atom. The van der Waals surface area contributed by atoms with Crippen LogP contribution in [0.3, 0.4) is 0 Å². The molecular weight excluding hydrogens is 312 g/mol. The summed E-state index contributed by atoms with van der Waals surface area (Å²) >= 11 is 3.43. The number of hydrogen-bond donors (Lipinski definition) is 2. The molecule has 0 bridgehead atoms. The van der Waals surface area contributed by atoms with Gasteiger partial charge < -0.3 is 15.7 Å². The van der Waals surface area contributed by atoms with E-state index in [1.54, 1.807) is 0 Å². The Morgan fingerprint density at radius 1 is 1.32 bits per heavy atom. The van der Waals surface area contributed by atoms with E-state index in [1.807, 2.05) is 24.3 Å². The zero-order valence-electron chi connectivity index (χ0n) is 9.82. The van der Waals surface area contributed by atoms with Crippen molar-refractivity contribution in [3.63, 3.8) is 0 Å². The second-order valence-corrected chi connectivity index (χ2v) is 4.46. The van der Waals surface area contributed by atoms with Crippen molar-refractivity contribution in [2.24, 2.45) is 10.9 Å². The number of nitrogens with zero attached hydrogens (tertiary/aromatic N) is 3. The lowest BCUT2D eigenvalue weighted by atomic mass is 10.2. The Bertz CT molecular complexity index is 587. The van der Waals surface area contributed by atoms with E-state index in [2.05, 4.69) is 31.1 Å². The van der Waals surface area contributed by atoms with Crippen LogP contribution in [0.15, 0.2) is 46.3 Å². The molecule has 2 aromatic rings. The van der Waals surface area contributed by atoms with Gasteiger partial charge in [0, 0.05) is 10.0 Å². The number of nitrogens with two attached hydrogens (primary N) is 1. The Hall–Kier alpha value is -2.15. The predicted molar refractivity (Wildman–Crippen MR) is 73.0 cm³/mol. The fourth-order valence-electron chi connectivity index (χ4n) is 1.34. The highest BCUT2D eigenvalue weighted by Gasteiger charge is 2.04. The van der Waals surface area contributed by atoms with Gasteiger partial charge in [-0.05, 0) is 6.07 Å². The van der Waals surface area contributed by atoms with Gasteiger partial charge in [-0.15, -0.1) is 0 Å². The fourth-order valence-corrected chi connectivity index (χ4v) is 1.74. The first-order valence-electron chi connectivity index (χ1n) is 5.37. The maximum atomic E-state index is 8.50. The van der Waals surface area contributed by atoms with Crippen molar-refractivity contribution in [1.82, 2.24) is 9.97 Å². The Labute approximate surface area is 118 Å². The van der Waals surface area contributed by atoms with Crippen LogP contribution >= 0.6 is 15.9 Å². The summed E-state index contributed by atoms with van der Waals surface area (Å²) in [5.74, 6) is 0.273. The lowest BCUT2D eigenvalue weighted by Crippen LogP contribution is -2.15. The summed E-state index contributed by atoms with van der Waals surface area (Å²) in [6.45, 7) is 0.374. The zero-order valence-corrected chi connectivity index (χ0v) is 11.4. The normalized spacial score (nSPS) is 11.3. The van der Waals surface area contributed by atoms with Crippen LogP contribution in [-0.4, -0.2) is 21.0 Å². The molecule has 0 aliphatic carbocycles. The first-order chi connectivity index (χ1) is 9.20. The van der Waals surface area contributed by atoms with E-state index in [-0.39, 0.29) is 11.5 Å². The molecule has 0 aliphatic rings. The van der Waals surface area contributed by atoms with Crippen LogP contribution in [0, 0.1) is 0 Å². The van der Waals surface area contributed by atoms with Crippen molar-refractivity contribution in [2.75, 3.05) is 0 Å². The quantitative estimate of drug-likeness (QED) is 0.388. The molecule has 0 fully saturated rings. The monoisotopic (exact) mass is 322 g/mol. The topological polar surface area (TPSA) is 93.6 Å². The van der Waals surface area contributed by atoms with Gasteiger partial charge in [0.1, 0.15) is 12.3 Å². The molecule has 0 saturated carbocycles. The first-order valence-corrected chi connectivity index (χ1v) is 6.16. The van der Waals surface area contributed by atoms with Gasteiger partial charge >= 0.3 is 0 Å². The van der Waals surface area contributed by atoms with Crippen LogP contribution < -0.4 is 10.5 Å². The summed E-state index contributed by atoms with van der Waals surface area (Å²) in [6, 6.07) is 7.74. The number of benzene rings is 1. The smallest absolute Gasteiger partial charge is 0.232 e. The number of ether oxygens (including phenoxy) is 1. The average Bonchev–Trinajstić information content (AvgIpc) is 2.46. The van der Waals surface area contributed by atoms with Crippen LogP contribution in [0.4, 0.5) is 0 Å². The minimum atomic E-state index is -0.0927.